The highest BCUT2D eigenvalue weighted by molar-refractivity contribution is 4.96. The zero-order valence-corrected chi connectivity index (χ0v) is 10.8. The second-order valence-electron chi connectivity index (χ2n) is 6.47. The Morgan fingerprint density at radius 2 is 1.94 bits per heavy atom. The number of hydrogen-bond acceptors (Lipinski definition) is 2. The minimum absolute atomic E-state index is 0.837. The minimum atomic E-state index is 0.837. The van der Waals surface area contributed by atoms with Crippen LogP contribution in [0.5, 0.6) is 0 Å². The van der Waals surface area contributed by atoms with Gasteiger partial charge in [0, 0.05) is 24.7 Å². The summed E-state index contributed by atoms with van der Waals surface area (Å²) in [6.07, 6.45) is 7.18. The molecule has 4 atom stereocenters. The van der Waals surface area contributed by atoms with Gasteiger partial charge in [0.2, 0.25) is 0 Å². The SMILES string of the molecule is CC1CC(C)N(C2CCC2CNC2CC2)C1. The molecule has 0 spiro atoms. The fourth-order valence-corrected chi connectivity index (χ4v) is 3.63. The maximum atomic E-state index is 3.71. The molecule has 1 N–H and O–H groups in total. The van der Waals surface area contributed by atoms with E-state index < -0.39 is 0 Å². The van der Waals surface area contributed by atoms with Crippen molar-refractivity contribution in [1.29, 1.82) is 0 Å². The molecule has 4 unspecified atom stereocenters. The second kappa shape index (κ2) is 4.30. The van der Waals surface area contributed by atoms with Crippen LogP contribution in [-0.2, 0) is 0 Å². The van der Waals surface area contributed by atoms with Crippen molar-refractivity contribution in [3.05, 3.63) is 0 Å². The average molecular weight is 222 g/mol. The van der Waals surface area contributed by atoms with Crippen molar-refractivity contribution in [2.24, 2.45) is 11.8 Å². The number of hydrogen-bond donors (Lipinski definition) is 1. The first-order valence-electron chi connectivity index (χ1n) is 7.23. The third kappa shape index (κ3) is 2.14. The molecule has 2 heteroatoms. The first-order valence-corrected chi connectivity index (χ1v) is 7.23. The molecule has 0 amide bonds. The van der Waals surface area contributed by atoms with E-state index in [0.717, 1.165) is 30.0 Å². The highest BCUT2D eigenvalue weighted by atomic mass is 15.2. The first-order chi connectivity index (χ1) is 7.74. The van der Waals surface area contributed by atoms with E-state index in [1.54, 1.807) is 0 Å². The minimum Gasteiger partial charge on any atom is -0.314 e. The molecule has 2 aliphatic carbocycles. The van der Waals surface area contributed by atoms with Crippen molar-refractivity contribution in [1.82, 2.24) is 10.2 Å². The van der Waals surface area contributed by atoms with E-state index in [1.807, 2.05) is 0 Å². The summed E-state index contributed by atoms with van der Waals surface area (Å²) in [5, 5.41) is 3.71. The number of rotatable bonds is 4. The molecular formula is C14H26N2. The largest absolute Gasteiger partial charge is 0.314 e. The lowest BCUT2D eigenvalue weighted by atomic mass is 9.78. The van der Waals surface area contributed by atoms with E-state index in [2.05, 4.69) is 24.1 Å². The van der Waals surface area contributed by atoms with Gasteiger partial charge in [0.1, 0.15) is 0 Å². The van der Waals surface area contributed by atoms with Gasteiger partial charge in [0.05, 0.1) is 0 Å². The van der Waals surface area contributed by atoms with Crippen LogP contribution in [0.3, 0.4) is 0 Å². The van der Waals surface area contributed by atoms with Crippen LogP contribution in [0.25, 0.3) is 0 Å². The molecule has 0 radical (unpaired) electrons. The highest BCUT2D eigenvalue weighted by Crippen LogP contribution is 2.37. The van der Waals surface area contributed by atoms with E-state index in [-0.39, 0.29) is 0 Å². The molecule has 3 fully saturated rings. The van der Waals surface area contributed by atoms with Gasteiger partial charge in [-0.05, 0) is 57.4 Å². The molecule has 0 aromatic rings. The maximum absolute atomic E-state index is 3.71. The Labute approximate surface area is 99.8 Å². The fourth-order valence-electron chi connectivity index (χ4n) is 3.63. The van der Waals surface area contributed by atoms with E-state index >= 15 is 0 Å². The van der Waals surface area contributed by atoms with E-state index in [9.17, 15) is 0 Å². The van der Waals surface area contributed by atoms with Crippen molar-refractivity contribution in [2.45, 2.75) is 64.1 Å². The van der Waals surface area contributed by atoms with Crippen LogP contribution in [0.4, 0.5) is 0 Å². The van der Waals surface area contributed by atoms with Gasteiger partial charge in [-0.15, -0.1) is 0 Å². The lowest BCUT2D eigenvalue weighted by Gasteiger charge is -2.45. The Hall–Kier alpha value is -0.0800. The Morgan fingerprint density at radius 3 is 2.44 bits per heavy atom. The molecule has 3 rings (SSSR count). The predicted molar refractivity (Wildman–Crippen MR) is 67.5 cm³/mol. The standard InChI is InChI=1S/C14H26N2/c1-10-7-11(2)16(9-10)14-6-3-12(14)8-15-13-4-5-13/h10-15H,3-9H2,1-2H3. The van der Waals surface area contributed by atoms with Gasteiger partial charge in [-0.3, -0.25) is 4.90 Å². The van der Waals surface area contributed by atoms with Gasteiger partial charge < -0.3 is 5.32 Å². The lowest BCUT2D eigenvalue weighted by molar-refractivity contribution is 0.0549. The van der Waals surface area contributed by atoms with Crippen LogP contribution < -0.4 is 5.32 Å². The molecule has 2 nitrogen and oxygen atoms in total. The third-order valence-corrected chi connectivity index (χ3v) is 4.88. The van der Waals surface area contributed by atoms with Gasteiger partial charge in [0.15, 0.2) is 0 Å². The van der Waals surface area contributed by atoms with Crippen molar-refractivity contribution in [2.75, 3.05) is 13.1 Å². The summed E-state index contributed by atoms with van der Waals surface area (Å²) in [6.45, 7) is 7.47. The summed E-state index contributed by atoms with van der Waals surface area (Å²) >= 11 is 0. The Bertz CT molecular complexity index is 249. The van der Waals surface area contributed by atoms with E-state index in [4.69, 9.17) is 0 Å². The summed E-state index contributed by atoms with van der Waals surface area (Å²) in [4.78, 5) is 2.80. The van der Waals surface area contributed by atoms with Crippen LogP contribution in [0.1, 0.15) is 46.0 Å². The van der Waals surface area contributed by atoms with Gasteiger partial charge in [-0.25, -0.2) is 0 Å². The van der Waals surface area contributed by atoms with Crippen molar-refractivity contribution >= 4 is 0 Å². The molecule has 0 aromatic carbocycles. The molecule has 1 heterocycles. The Kier molecular flexibility index (Phi) is 2.97. The van der Waals surface area contributed by atoms with Crippen LogP contribution in [-0.4, -0.2) is 36.1 Å². The molecular weight excluding hydrogens is 196 g/mol. The Morgan fingerprint density at radius 1 is 1.12 bits per heavy atom. The van der Waals surface area contributed by atoms with Crippen LogP contribution in [0.15, 0.2) is 0 Å². The number of nitrogens with one attached hydrogen (secondary N) is 1. The molecule has 16 heavy (non-hydrogen) atoms. The van der Waals surface area contributed by atoms with E-state index in [0.29, 0.717) is 0 Å². The summed E-state index contributed by atoms with van der Waals surface area (Å²) < 4.78 is 0. The van der Waals surface area contributed by atoms with Crippen molar-refractivity contribution < 1.29 is 0 Å². The Balaban J connectivity index is 1.50. The normalized spacial score (nSPS) is 44.6. The van der Waals surface area contributed by atoms with Gasteiger partial charge in [-0.1, -0.05) is 6.92 Å². The quantitative estimate of drug-likeness (QED) is 0.785. The average Bonchev–Trinajstić information content (AvgIpc) is 2.93. The van der Waals surface area contributed by atoms with E-state index in [1.165, 1.54) is 45.2 Å². The predicted octanol–water partition coefficient (Wildman–Crippen LogP) is 2.25. The summed E-state index contributed by atoms with van der Waals surface area (Å²) in [6, 6.07) is 2.63. The zero-order valence-electron chi connectivity index (χ0n) is 10.8. The van der Waals surface area contributed by atoms with Crippen molar-refractivity contribution in [3.8, 4) is 0 Å². The lowest BCUT2D eigenvalue weighted by Crippen LogP contribution is -2.51. The molecule has 0 aromatic heterocycles. The smallest absolute Gasteiger partial charge is 0.0139 e. The summed E-state index contributed by atoms with van der Waals surface area (Å²) in [5.41, 5.74) is 0. The second-order valence-corrected chi connectivity index (χ2v) is 6.47. The fraction of sp³-hybridized carbons (Fsp3) is 1.00. The summed E-state index contributed by atoms with van der Waals surface area (Å²) in [7, 11) is 0. The maximum Gasteiger partial charge on any atom is 0.0139 e. The summed E-state index contributed by atoms with van der Waals surface area (Å²) in [5.74, 6) is 1.88. The molecule has 3 aliphatic rings. The van der Waals surface area contributed by atoms with Gasteiger partial charge in [-0.2, -0.15) is 0 Å². The monoisotopic (exact) mass is 222 g/mol. The van der Waals surface area contributed by atoms with Crippen LogP contribution in [0, 0.1) is 11.8 Å². The third-order valence-electron chi connectivity index (χ3n) is 4.88. The van der Waals surface area contributed by atoms with Crippen molar-refractivity contribution in [3.63, 3.8) is 0 Å². The van der Waals surface area contributed by atoms with Gasteiger partial charge in [0.25, 0.3) is 0 Å². The highest BCUT2D eigenvalue weighted by Gasteiger charge is 2.41. The number of nitrogens with zero attached hydrogens (tertiary/aromatic N) is 1. The molecule has 2 saturated carbocycles. The topological polar surface area (TPSA) is 15.3 Å². The first kappa shape index (κ1) is 11.0. The molecule has 1 saturated heterocycles. The van der Waals surface area contributed by atoms with Crippen LogP contribution >= 0.6 is 0 Å². The number of likely N-dealkylation sites (tertiary alicyclic amines) is 1. The van der Waals surface area contributed by atoms with Gasteiger partial charge >= 0.3 is 0 Å². The molecule has 0 bridgehead atoms. The van der Waals surface area contributed by atoms with Crippen LogP contribution in [0.2, 0.25) is 0 Å². The molecule has 92 valence electrons. The molecule has 1 aliphatic heterocycles. The zero-order chi connectivity index (χ0) is 11.1.